The molecule has 0 aliphatic heterocycles. The number of primary amides is 1. The SMILES string of the molecule is Cc1c(N(C(N)=O)[C@H]2CC[C@@H](Nc3cc(N(C)C)c4ccccc4n3)CC2)cccc1[N+](=O)[O-]. The number of amides is 2. The summed E-state index contributed by atoms with van der Waals surface area (Å²) in [7, 11) is 4.04. The van der Waals surface area contributed by atoms with E-state index in [1.807, 2.05) is 32.3 Å². The number of benzene rings is 2. The minimum atomic E-state index is -0.591. The number of nitrogens with zero attached hydrogens (tertiary/aromatic N) is 4. The number of hydrogen-bond donors (Lipinski definition) is 2. The molecule has 4 rings (SSSR count). The van der Waals surface area contributed by atoms with Crippen molar-refractivity contribution in [2.45, 2.75) is 44.7 Å². The monoisotopic (exact) mass is 462 g/mol. The molecular weight excluding hydrogens is 432 g/mol. The van der Waals surface area contributed by atoms with Gasteiger partial charge in [0.1, 0.15) is 5.82 Å². The highest BCUT2D eigenvalue weighted by Crippen LogP contribution is 2.34. The van der Waals surface area contributed by atoms with E-state index in [1.165, 1.54) is 11.0 Å². The molecule has 178 valence electrons. The highest BCUT2D eigenvalue weighted by atomic mass is 16.6. The highest BCUT2D eigenvalue weighted by Gasteiger charge is 2.31. The molecule has 9 nitrogen and oxygen atoms in total. The Labute approximate surface area is 198 Å². The first kappa shape index (κ1) is 23.3. The van der Waals surface area contributed by atoms with Crippen LogP contribution in [0.3, 0.4) is 0 Å². The van der Waals surface area contributed by atoms with E-state index in [1.54, 1.807) is 19.1 Å². The first-order chi connectivity index (χ1) is 16.3. The quantitative estimate of drug-likeness (QED) is 0.400. The number of carbonyl (C=O) groups is 1. The van der Waals surface area contributed by atoms with Crippen LogP contribution in [0.4, 0.5) is 27.7 Å². The molecule has 0 atom stereocenters. The minimum absolute atomic E-state index is 0.0156. The molecule has 1 saturated carbocycles. The summed E-state index contributed by atoms with van der Waals surface area (Å²) in [4.78, 5) is 31.7. The largest absolute Gasteiger partial charge is 0.377 e. The lowest BCUT2D eigenvalue weighted by Gasteiger charge is -2.37. The van der Waals surface area contributed by atoms with Gasteiger partial charge in [0.25, 0.3) is 5.69 Å². The number of hydrogen-bond acceptors (Lipinski definition) is 6. The van der Waals surface area contributed by atoms with Crippen LogP contribution in [-0.2, 0) is 0 Å². The molecule has 0 unspecified atom stereocenters. The Morgan fingerprint density at radius 3 is 2.44 bits per heavy atom. The number of nitro benzene ring substituents is 1. The van der Waals surface area contributed by atoms with Crippen LogP contribution in [-0.4, -0.2) is 42.1 Å². The van der Waals surface area contributed by atoms with Gasteiger partial charge in [0.15, 0.2) is 0 Å². The van der Waals surface area contributed by atoms with E-state index in [0.29, 0.717) is 11.3 Å². The van der Waals surface area contributed by atoms with Gasteiger partial charge in [-0.15, -0.1) is 0 Å². The van der Waals surface area contributed by atoms with Gasteiger partial charge in [0.2, 0.25) is 0 Å². The number of nitrogens with two attached hydrogens (primary N) is 1. The van der Waals surface area contributed by atoms with Crippen LogP contribution < -0.4 is 20.9 Å². The Morgan fingerprint density at radius 2 is 1.79 bits per heavy atom. The fourth-order valence-corrected chi connectivity index (χ4v) is 4.85. The topological polar surface area (TPSA) is 118 Å². The molecule has 1 aromatic heterocycles. The van der Waals surface area contributed by atoms with E-state index < -0.39 is 11.0 Å². The molecular formula is C25H30N6O3. The highest BCUT2D eigenvalue weighted by molar-refractivity contribution is 5.94. The number of para-hydroxylation sites is 1. The van der Waals surface area contributed by atoms with E-state index in [2.05, 4.69) is 22.3 Å². The molecule has 1 aliphatic rings. The van der Waals surface area contributed by atoms with Crippen molar-refractivity contribution in [3.05, 3.63) is 64.2 Å². The standard InChI is InChI=1S/C25H30N6O3/c1-16-21(9-6-10-22(16)31(33)34)30(25(26)32)18-13-11-17(12-14-18)27-24-15-23(29(2)3)19-7-4-5-8-20(19)28-24/h4-10,15,17-18H,11-14H2,1-3H3,(H2,26,32)(H,27,28)/t17-,18+. The summed E-state index contributed by atoms with van der Waals surface area (Å²) >= 11 is 0. The Bertz CT molecular complexity index is 1220. The van der Waals surface area contributed by atoms with E-state index >= 15 is 0 Å². The molecule has 0 saturated heterocycles. The third kappa shape index (κ3) is 4.59. The molecule has 0 bridgehead atoms. The zero-order chi connectivity index (χ0) is 24.4. The average Bonchev–Trinajstić information content (AvgIpc) is 2.80. The van der Waals surface area contributed by atoms with E-state index in [-0.39, 0.29) is 17.8 Å². The zero-order valence-corrected chi connectivity index (χ0v) is 19.7. The number of nitrogens with one attached hydrogen (secondary N) is 1. The van der Waals surface area contributed by atoms with Gasteiger partial charge in [-0.1, -0.05) is 24.3 Å². The lowest BCUT2D eigenvalue weighted by molar-refractivity contribution is -0.385. The van der Waals surface area contributed by atoms with Gasteiger partial charge in [-0.05, 0) is 44.7 Å². The molecule has 2 aromatic carbocycles. The van der Waals surface area contributed by atoms with Crippen LogP contribution in [0.15, 0.2) is 48.5 Å². The van der Waals surface area contributed by atoms with Crippen LogP contribution in [0.25, 0.3) is 10.9 Å². The number of aromatic nitrogens is 1. The summed E-state index contributed by atoms with van der Waals surface area (Å²) in [6, 6.07) is 14.4. The number of fused-ring (bicyclic) bond motifs is 1. The fraction of sp³-hybridized carbons (Fsp3) is 0.360. The first-order valence-electron chi connectivity index (χ1n) is 11.4. The van der Waals surface area contributed by atoms with Gasteiger partial charge in [0.05, 0.1) is 21.7 Å². The Morgan fingerprint density at radius 1 is 1.09 bits per heavy atom. The predicted octanol–water partition coefficient (Wildman–Crippen LogP) is 4.83. The Hall–Kier alpha value is -3.88. The molecule has 2 amide bonds. The van der Waals surface area contributed by atoms with Crippen molar-refractivity contribution in [1.82, 2.24) is 4.98 Å². The van der Waals surface area contributed by atoms with Gasteiger partial charge in [-0.2, -0.15) is 0 Å². The summed E-state index contributed by atoms with van der Waals surface area (Å²) in [6.07, 6.45) is 3.12. The summed E-state index contributed by atoms with van der Waals surface area (Å²) in [5.41, 5.74) is 8.71. The maximum Gasteiger partial charge on any atom is 0.319 e. The number of carbonyl (C=O) groups excluding carboxylic acids is 1. The molecule has 3 N–H and O–H groups in total. The Kier molecular flexibility index (Phi) is 6.54. The maximum absolute atomic E-state index is 12.4. The predicted molar refractivity (Wildman–Crippen MR) is 136 cm³/mol. The number of nitro groups is 1. The van der Waals surface area contributed by atoms with Crippen LogP contribution >= 0.6 is 0 Å². The molecule has 1 aliphatic carbocycles. The van der Waals surface area contributed by atoms with Crippen molar-refractivity contribution in [3.63, 3.8) is 0 Å². The van der Waals surface area contributed by atoms with Gasteiger partial charge in [-0.3, -0.25) is 15.0 Å². The van der Waals surface area contributed by atoms with Crippen LogP contribution in [0.5, 0.6) is 0 Å². The van der Waals surface area contributed by atoms with Crippen molar-refractivity contribution in [2.75, 3.05) is 29.2 Å². The lowest BCUT2D eigenvalue weighted by Crippen LogP contribution is -2.47. The van der Waals surface area contributed by atoms with Gasteiger partial charge in [-0.25, -0.2) is 9.78 Å². The molecule has 1 heterocycles. The Balaban J connectivity index is 1.50. The smallest absolute Gasteiger partial charge is 0.319 e. The van der Waals surface area contributed by atoms with E-state index in [4.69, 9.17) is 10.7 Å². The number of pyridine rings is 1. The zero-order valence-electron chi connectivity index (χ0n) is 19.7. The van der Waals surface area contributed by atoms with Crippen molar-refractivity contribution in [1.29, 1.82) is 0 Å². The van der Waals surface area contributed by atoms with Crippen LogP contribution in [0.1, 0.15) is 31.2 Å². The number of anilines is 3. The summed E-state index contributed by atoms with van der Waals surface area (Å²) < 4.78 is 0. The normalized spacial score (nSPS) is 17.9. The van der Waals surface area contributed by atoms with Gasteiger partial charge >= 0.3 is 6.03 Å². The second kappa shape index (κ2) is 9.54. The molecule has 9 heteroatoms. The minimum Gasteiger partial charge on any atom is -0.377 e. The number of urea groups is 1. The fourth-order valence-electron chi connectivity index (χ4n) is 4.85. The third-order valence-electron chi connectivity index (χ3n) is 6.56. The van der Waals surface area contributed by atoms with Gasteiger partial charge < -0.3 is 16.0 Å². The van der Waals surface area contributed by atoms with Crippen molar-refractivity contribution in [3.8, 4) is 0 Å². The van der Waals surface area contributed by atoms with Gasteiger partial charge in [0, 0.05) is 49.4 Å². The van der Waals surface area contributed by atoms with E-state index in [9.17, 15) is 14.9 Å². The maximum atomic E-state index is 12.4. The molecule has 0 spiro atoms. The summed E-state index contributed by atoms with van der Waals surface area (Å²) in [5.74, 6) is 0.826. The van der Waals surface area contributed by atoms with Crippen molar-refractivity contribution >= 4 is 39.8 Å². The third-order valence-corrected chi connectivity index (χ3v) is 6.56. The van der Waals surface area contributed by atoms with E-state index in [0.717, 1.165) is 48.1 Å². The van der Waals surface area contributed by atoms with Crippen LogP contribution in [0.2, 0.25) is 0 Å². The summed E-state index contributed by atoms with van der Waals surface area (Å²) in [5, 5.41) is 16.0. The number of rotatable bonds is 6. The molecule has 0 radical (unpaired) electrons. The first-order valence-corrected chi connectivity index (χ1v) is 11.4. The second-order valence-corrected chi connectivity index (χ2v) is 8.97. The second-order valence-electron chi connectivity index (χ2n) is 8.97. The van der Waals surface area contributed by atoms with Crippen LogP contribution in [0, 0.1) is 17.0 Å². The van der Waals surface area contributed by atoms with Crippen molar-refractivity contribution < 1.29 is 9.72 Å². The summed E-state index contributed by atoms with van der Waals surface area (Å²) in [6.45, 7) is 1.66. The molecule has 1 fully saturated rings. The molecule has 3 aromatic rings. The average molecular weight is 463 g/mol. The lowest BCUT2D eigenvalue weighted by atomic mass is 9.89. The van der Waals surface area contributed by atoms with Crippen molar-refractivity contribution in [2.24, 2.45) is 5.73 Å². The molecule has 34 heavy (non-hydrogen) atoms.